The molecule has 0 aliphatic carbocycles. The predicted molar refractivity (Wildman–Crippen MR) is 126 cm³/mol. The molecular weight excluding hydrogens is 424 g/mol. The zero-order valence-electron chi connectivity index (χ0n) is 18.6. The van der Waals surface area contributed by atoms with Gasteiger partial charge in [-0.05, 0) is 75.0 Å². The van der Waals surface area contributed by atoms with Crippen molar-refractivity contribution in [1.82, 2.24) is 10.2 Å². The second kappa shape index (κ2) is 9.42. The number of hydrogen-bond donors (Lipinski definition) is 2. The van der Waals surface area contributed by atoms with Crippen molar-refractivity contribution < 1.29 is 14.4 Å². The Morgan fingerprint density at radius 3 is 2.69 bits per heavy atom. The summed E-state index contributed by atoms with van der Waals surface area (Å²) in [6.45, 7) is 6.34. The highest BCUT2D eigenvalue weighted by molar-refractivity contribution is 7.13. The average Bonchev–Trinajstić information content (AvgIpc) is 3.38. The first-order valence-electron chi connectivity index (χ1n) is 11.1. The van der Waals surface area contributed by atoms with E-state index in [4.69, 9.17) is 5.73 Å². The molecule has 8 heteroatoms. The van der Waals surface area contributed by atoms with Crippen molar-refractivity contribution >= 4 is 34.7 Å². The number of benzene rings is 1. The van der Waals surface area contributed by atoms with Crippen molar-refractivity contribution in [1.29, 1.82) is 0 Å². The Balaban J connectivity index is 1.42. The maximum atomic E-state index is 13.0. The smallest absolute Gasteiger partial charge is 0.261 e. The Morgan fingerprint density at radius 1 is 1.19 bits per heavy atom. The third kappa shape index (κ3) is 4.71. The third-order valence-electron chi connectivity index (χ3n) is 6.32. The van der Waals surface area contributed by atoms with E-state index >= 15 is 0 Å². The van der Waals surface area contributed by atoms with Crippen LogP contribution in [0.2, 0.25) is 0 Å². The highest BCUT2D eigenvalue weighted by Crippen LogP contribution is 2.26. The van der Waals surface area contributed by atoms with Crippen LogP contribution in [0.1, 0.15) is 49.7 Å². The molecule has 2 fully saturated rings. The minimum atomic E-state index is -0.236. The molecular formula is C24H30N4O3S. The van der Waals surface area contributed by atoms with Gasteiger partial charge in [-0.25, -0.2) is 0 Å². The Hall–Kier alpha value is -2.71. The molecule has 1 aromatic carbocycles. The number of thiophene rings is 1. The number of carbonyl (C=O) groups excluding carboxylic acids is 3. The number of nitrogens with one attached hydrogen (secondary N) is 1. The lowest BCUT2D eigenvalue weighted by molar-refractivity contribution is -0.117. The lowest BCUT2D eigenvalue weighted by Gasteiger charge is -2.32. The lowest BCUT2D eigenvalue weighted by Crippen LogP contribution is -2.42. The number of hydrogen-bond acceptors (Lipinski definition) is 5. The Labute approximate surface area is 192 Å². The molecule has 0 spiro atoms. The van der Waals surface area contributed by atoms with Gasteiger partial charge >= 0.3 is 0 Å². The van der Waals surface area contributed by atoms with Gasteiger partial charge in [0.25, 0.3) is 11.8 Å². The average molecular weight is 455 g/mol. The first kappa shape index (κ1) is 22.5. The van der Waals surface area contributed by atoms with Crippen LogP contribution >= 0.6 is 11.3 Å². The summed E-state index contributed by atoms with van der Waals surface area (Å²) >= 11 is 1.44. The number of anilines is 1. The maximum Gasteiger partial charge on any atom is 0.261 e. The van der Waals surface area contributed by atoms with Crippen LogP contribution in [0.25, 0.3) is 0 Å². The van der Waals surface area contributed by atoms with Crippen LogP contribution < -0.4 is 16.0 Å². The van der Waals surface area contributed by atoms with E-state index in [1.807, 2.05) is 43.0 Å². The molecule has 3 N–H and O–H groups in total. The Morgan fingerprint density at radius 2 is 2.00 bits per heavy atom. The molecule has 7 nitrogen and oxygen atoms in total. The summed E-state index contributed by atoms with van der Waals surface area (Å²) in [7, 11) is 0. The van der Waals surface area contributed by atoms with Crippen LogP contribution in [-0.4, -0.2) is 54.8 Å². The van der Waals surface area contributed by atoms with Crippen LogP contribution in [-0.2, 0) is 4.79 Å². The zero-order chi connectivity index (χ0) is 22.8. The van der Waals surface area contributed by atoms with Crippen molar-refractivity contribution in [3.05, 3.63) is 51.2 Å². The van der Waals surface area contributed by atoms with Crippen LogP contribution in [0.15, 0.2) is 30.3 Å². The molecule has 2 aromatic rings. The summed E-state index contributed by atoms with van der Waals surface area (Å²) in [6.07, 6.45) is 2.31. The van der Waals surface area contributed by atoms with Gasteiger partial charge in [0.1, 0.15) is 0 Å². The van der Waals surface area contributed by atoms with Gasteiger partial charge in [0.2, 0.25) is 5.91 Å². The predicted octanol–water partition coefficient (Wildman–Crippen LogP) is 2.71. The van der Waals surface area contributed by atoms with Gasteiger partial charge < -0.3 is 20.9 Å². The second-order valence-corrected chi connectivity index (χ2v) is 10.1. The SMILES string of the molecule is Cc1ccc(C(=O)NC2CC(=O)N(c3ccc(C(=O)N4CCCC(CN)C4)c(C)c3)C2)s1. The second-order valence-electron chi connectivity index (χ2n) is 8.78. The third-order valence-corrected chi connectivity index (χ3v) is 7.32. The maximum absolute atomic E-state index is 13.0. The standard InChI is InChI=1S/C24H30N4O3S/c1-15-10-19(6-7-20(15)24(31)27-9-3-4-17(12-25)13-27)28-14-18(11-22(28)29)26-23(30)21-8-5-16(2)32-21/h5-8,10,17-18H,3-4,9,11-14,25H2,1-2H3,(H,26,30). The normalized spacial score (nSPS) is 21.2. The van der Waals surface area contributed by atoms with E-state index in [0.29, 0.717) is 36.0 Å². The summed E-state index contributed by atoms with van der Waals surface area (Å²) in [6, 6.07) is 9.02. The molecule has 3 heterocycles. The topological polar surface area (TPSA) is 95.7 Å². The quantitative estimate of drug-likeness (QED) is 0.726. The van der Waals surface area contributed by atoms with E-state index in [9.17, 15) is 14.4 Å². The fourth-order valence-electron chi connectivity index (χ4n) is 4.53. The molecule has 0 bridgehead atoms. The fourth-order valence-corrected chi connectivity index (χ4v) is 5.31. The lowest BCUT2D eigenvalue weighted by atomic mass is 9.97. The largest absolute Gasteiger partial charge is 0.346 e. The number of likely N-dealkylation sites (tertiary alicyclic amines) is 1. The monoisotopic (exact) mass is 454 g/mol. The number of carbonyl (C=O) groups is 3. The molecule has 1 aromatic heterocycles. The van der Waals surface area contributed by atoms with E-state index in [-0.39, 0.29) is 30.2 Å². The molecule has 4 rings (SSSR count). The van der Waals surface area contributed by atoms with Gasteiger partial charge in [-0.2, -0.15) is 0 Å². The summed E-state index contributed by atoms with van der Waals surface area (Å²) in [5, 5.41) is 2.97. The van der Waals surface area contributed by atoms with Gasteiger partial charge in [0, 0.05) is 42.2 Å². The molecule has 2 unspecified atom stereocenters. The van der Waals surface area contributed by atoms with E-state index < -0.39 is 0 Å². The van der Waals surface area contributed by atoms with Crippen molar-refractivity contribution in [3.63, 3.8) is 0 Å². The molecule has 2 aliphatic heterocycles. The highest BCUT2D eigenvalue weighted by atomic mass is 32.1. The van der Waals surface area contributed by atoms with Crippen LogP contribution in [0.5, 0.6) is 0 Å². The molecule has 32 heavy (non-hydrogen) atoms. The fraction of sp³-hybridized carbons (Fsp3) is 0.458. The summed E-state index contributed by atoms with van der Waals surface area (Å²) in [5.74, 6) is 0.214. The zero-order valence-corrected chi connectivity index (χ0v) is 19.4. The van der Waals surface area contributed by atoms with Crippen molar-refractivity contribution in [2.45, 2.75) is 39.2 Å². The Bertz CT molecular complexity index is 1030. The molecule has 2 atom stereocenters. The molecule has 2 aliphatic rings. The molecule has 170 valence electrons. The summed E-state index contributed by atoms with van der Waals surface area (Å²) in [4.78, 5) is 43.5. The minimum absolute atomic E-state index is 0.0244. The van der Waals surface area contributed by atoms with Gasteiger partial charge in [0.15, 0.2) is 0 Å². The Kier molecular flexibility index (Phi) is 6.62. The number of aryl methyl sites for hydroxylation is 2. The highest BCUT2D eigenvalue weighted by Gasteiger charge is 2.32. The van der Waals surface area contributed by atoms with E-state index in [2.05, 4.69) is 5.32 Å². The first-order valence-corrected chi connectivity index (χ1v) is 11.9. The summed E-state index contributed by atoms with van der Waals surface area (Å²) in [5.41, 5.74) is 8.07. The number of rotatable bonds is 5. The first-order chi connectivity index (χ1) is 15.4. The number of nitrogens with two attached hydrogens (primary N) is 1. The van der Waals surface area contributed by atoms with Gasteiger partial charge in [-0.15, -0.1) is 11.3 Å². The van der Waals surface area contributed by atoms with Crippen LogP contribution in [0, 0.1) is 19.8 Å². The van der Waals surface area contributed by atoms with Crippen molar-refractivity contribution in [2.75, 3.05) is 31.1 Å². The van der Waals surface area contributed by atoms with Gasteiger partial charge in [-0.3, -0.25) is 14.4 Å². The van der Waals surface area contributed by atoms with E-state index in [1.54, 1.807) is 11.0 Å². The number of amides is 3. The van der Waals surface area contributed by atoms with Gasteiger partial charge in [0.05, 0.1) is 10.9 Å². The van der Waals surface area contributed by atoms with E-state index in [1.165, 1.54) is 11.3 Å². The van der Waals surface area contributed by atoms with Crippen LogP contribution in [0.3, 0.4) is 0 Å². The van der Waals surface area contributed by atoms with Gasteiger partial charge in [-0.1, -0.05) is 0 Å². The molecule has 3 amide bonds. The molecule has 2 saturated heterocycles. The molecule has 0 saturated carbocycles. The summed E-state index contributed by atoms with van der Waals surface area (Å²) < 4.78 is 0. The van der Waals surface area contributed by atoms with Crippen molar-refractivity contribution in [2.24, 2.45) is 11.7 Å². The van der Waals surface area contributed by atoms with Crippen LogP contribution in [0.4, 0.5) is 5.69 Å². The number of nitrogens with zero attached hydrogens (tertiary/aromatic N) is 2. The molecule has 0 radical (unpaired) electrons. The minimum Gasteiger partial charge on any atom is -0.346 e. The van der Waals surface area contributed by atoms with Crippen molar-refractivity contribution in [3.8, 4) is 0 Å². The van der Waals surface area contributed by atoms with E-state index in [0.717, 1.165) is 35.5 Å². The number of piperidine rings is 1.